The van der Waals surface area contributed by atoms with Crippen molar-refractivity contribution in [3.05, 3.63) is 0 Å². The summed E-state index contributed by atoms with van der Waals surface area (Å²) in [7, 11) is 6.78. The summed E-state index contributed by atoms with van der Waals surface area (Å²) in [5, 5.41) is 3.79. The summed E-state index contributed by atoms with van der Waals surface area (Å²) in [5.74, 6) is 0. The second kappa shape index (κ2) is 7.77. The number of nitrogens with zero attached hydrogens (tertiary/aromatic N) is 2. The number of hydrogen-bond acceptors (Lipinski definition) is 3. The van der Waals surface area contributed by atoms with E-state index in [1.54, 1.807) is 0 Å². The van der Waals surface area contributed by atoms with Gasteiger partial charge in [0.05, 0.1) is 0 Å². The molecule has 0 spiro atoms. The van der Waals surface area contributed by atoms with Crippen molar-refractivity contribution in [2.75, 3.05) is 40.8 Å². The molecule has 0 atom stereocenters. The van der Waals surface area contributed by atoms with E-state index >= 15 is 0 Å². The average molecular weight is 281 g/mol. The lowest BCUT2D eigenvalue weighted by atomic mass is 9.75. The molecule has 3 nitrogen and oxygen atoms in total. The van der Waals surface area contributed by atoms with Crippen LogP contribution in [0.2, 0.25) is 0 Å². The minimum Gasteiger partial charge on any atom is -0.313 e. The highest BCUT2D eigenvalue weighted by Gasteiger charge is 2.39. The van der Waals surface area contributed by atoms with Crippen molar-refractivity contribution in [3.8, 4) is 0 Å². The lowest BCUT2D eigenvalue weighted by molar-refractivity contribution is 0.0280. The van der Waals surface area contributed by atoms with E-state index in [9.17, 15) is 0 Å². The standard InChI is InChI=1S/C17H35N3/c1-19(2)17(11-8-12-17)15-20(3)14-13-18-16-9-6-4-5-7-10-16/h16,18H,4-15H2,1-3H3. The summed E-state index contributed by atoms with van der Waals surface area (Å²) in [6.45, 7) is 3.57. The molecule has 0 aromatic rings. The minimum absolute atomic E-state index is 0.469. The molecule has 2 rings (SSSR count). The quantitative estimate of drug-likeness (QED) is 0.724. The molecule has 0 bridgehead atoms. The van der Waals surface area contributed by atoms with Gasteiger partial charge in [0.2, 0.25) is 0 Å². The van der Waals surface area contributed by atoms with Crippen LogP contribution in [-0.2, 0) is 0 Å². The van der Waals surface area contributed by atoms with Crippen molar-refractivity contribution >= 4 is 0 Å². The van der Waals surface area contributed by atoms with Crippen molar-refractivity contribution in [3.63, 3.8) is 0 Å². The zero-order valence-corrected chi connectivity index (χ0v) is 14.0. The Morgan fingerprint density at radius 3 is 2.10 bits per heavy atom. The van der Waals surface area contributed by atoms with Crippen LogP contribution in [0.15, 0.2) is 0 Å². The van der Waals surface area contributed by atoms with E-state index in [-0.39, 0.29) is 0 Å². The fourth-order valence-corrected chi connectivity index (χ4v) is 3.86. The Morgan fingerprint density at radius 2 is 1.60 bits per heavy atom. The van der Waals surface area contributed by atoms with Gasteiger partial charge in [0, 0.05) is 31.2 Å². The fourth-order valence-electron chi connectivity index (χ4n) is 3.86. The summed E-state index contributed by atoms with van der Waals surface area (Å²) in [6, 6.07) is 0.789. The molecule has 1 N–H and O–H groups in total. The first-order valence-corrected chi connectivity index (χ1v) is 8.72. The molecule has 2 aliphatic carbocycles. The van der Waals surface area contributed by atoms with Gasteiger partial charge in [-0.15, -0.1) is 0 Å². The highest BCUT2D eigenvalue weighted by Crippen LogP contribution is 2.36. The van der Waals surface area contributed by atoms with E-state index in [4.69, 9.17) is 0 Å². The maximum atomic E-state index is 3.79. The summed E-state index contributed by atoms with van der Waals surface area (Å²) in [6.07, 6.45) is 12.7. The smallest absolute Gasteiger partial charge is 0.0330 e. The van der Waals surface area contributed by atoms with Gasteiger partial charge in [-0.05, 0) is 53.2 Å². The van der Waals surface area contributed by atoms with Crippen LogP contribution < -0.4 is 5.32 Å². The van der Waals surface area contributed by atoms with Gasteiger partial charge in [0.25, 0.3) is 0 Å². The third kappa shape index (κ3) is 4.44. The highest BCUT2D eigenvalue weighted by atomic mass is 15.2. The van der Waals surface area contributed by atoms with Crippen molar-refractivity contribution < 1.29 is 0 Å². The molecule has 0 saturated heterocycles. The Labute approximate surface area is 126 Å². The molecule has 0 aliphatic heterocycles. The van der Waals surface area contributed by atoms with Crippen molar-refractivity contribution in [1.82, 2.24) is 15.1 Å². The van der Waals surface area contributed by atoms with Crippen LogP contribution in [0.3, 0.4) is 0 Å². The topological polar surface area (TPSA) is 18.5 Å². The molecular weight excluding hydrogens is 246 g/mol. The lowest BCUT2D eigenvalue weighted by Gasteiger charge is -2.49. The first-order valence-electron chi connectivity index (χ1n) is 8.72. The first kappa shape index (κ1) is 16.3. The monoisotopic (exact) mass is 281 g/mol. The summed E-state index contributed by atoms with van der Waals surface area (Å²) in [5.41, 5.74) is 0.469. The largest absolute Gasteiger partial charge is 0.313 e. The predicted octanol–water partition coefficient (Wildman–Crippen LogP) is 2.71. The SMILES string of the molecule is CN(CCNC1CCCCCC1)CC1(N(C)C)CCC1. The molecule has 2 fully saturated rings. The van der Waals surface area contributed by atoms with E-state index in [0.29, 0.717) is 5.54 Å². The molecule has 0 aromatic heterocycles. The van der Waals surface area contributed by atoms with Gasteiger partial charge in [-0.2, -0.15) is 0 Å². The second-order valence-corrected chi connectivity index (χ2v) is 7.35. The zero-order valence-electron chi connectivity index (χ0n) is 14.0. The third-order valence-electron chi connectivity index (χ3n) is 5.58. The van der Waals surface area contributed by atoms with Crippen molar-refractivity contribution in [1.29, 1.82) is 0 Å². The number of likely N-dealkylation sites (N-methyl/N-ethyl adjacent to an activating group) is 2. The maximum absolute atomic E-state index is 3.79. The van der Waals surface area contributed by atoms with Crippen LogP contribution in [-0.4, -0.2) is 62.2 Å². The predicted molar refractivity (Wildman–Crippen MR) is 87.3 cm³/mol. The molecule has 3 heteroatoms. The Hall–Kier alpha value is -0.120. The first-order chi connectivity index (χ1) is 9.62. The van der Waals surface area contributed by atoms with Crippen LogP contribution in [0.4, 0.5) is 0 Å². The van der Waals surface area contributed by atoms with Gasteiger partial charge in [-0.3, -0.25) is 0 Å². The Morgan fingerprint density at radius 1 is 0.950 bits per heavy atom. The molecule has 0 amide bonds. The molecule has 118 valence electrons. The Kier molecular flexibility index (Phi) is 6.31. The summed E-state index contributed by atoms with van der Waals surface area (Å²) < 4.78 is 0. The van der Waals surface area contributed by atoms with Crippen molar-refractivity contribution in [2.45, 2.75) is 69.4 Å². The van der Waals surface area contributed by atoms with Crippen LogP contribution >= 0.6 is 0 Å². The Bertz CT molecular complexity index is 265. The number of nitrogens with one attached hydrogen (secondary N) is 1. The van der Waals surface area contributed by atoms with Crippen LogP contribution in [0.1, 0.15) is 57.8 Å². The van der Waals surface area contributed by atoms with Gasteiger partial charge in [-0.25, -0.2) is 0 Å². The lowest BCUT2D eigenvalue weighted by Crippen LogP contribution is -2.57. The van der Waals surface area contributed by atoms with Crippen LogP contribution in [0.5, 0.6) is 0 Å². The van der Waals surface area contributed by atoms with Gasteiger partial charge >= 0.3 is 0 Å². The Balaban J connectivity index is 1.63. The molecule has 0 aromatic carbocycles. The van der Waals surface area contributed by atoms with Crippen molar-refractivity contribution in [2.24, 2.45) is 0 Å². The molecule has 2 saturated carbocycles. The van der Waals surface area contributed by atoms with E-state index in [0.717, 1.165) is 12.6 Å². The van der Waals surface area contributed by atoms with E-state index in [2.05, 4.69) is 36.3 Å². The second-order valence-electron chi connectivity index (χ2n) is 7.35. The molecular formula is C17H35N3. The van der Waals surface area contributed by atoms with Gasteiger partial charge in [-0.1, -0.05) is 25.7 Å². The van der Waals surface area contributed by atoms with Crippen LogP contribution in [0, 0.1) is 0 Å². The van der Waals surface area contributed by atoms with Gasteiger partial charge in [0.15, 0.2) is 0 Å². The average Bonchev–Trinajstić information content (AvgIpc) is 2.62. The fraction of sp³-hybridized carbons (Fsp3) is 1.00. The van der Waals surface area contributed by atoms with Gasteiger partial charge in [0.1, 0.15) is 0 Å². The summed E-state index contributed by atoms with van der Waals surface area (Å²) in [4.78, 5) is 4.98. The minimum atomic E-state index is 0.469. The zero-order chi connectivity index (χ0) is 14.4. The molecule has 0 heterocycles. The highest BCUT2D eigenvalue weighted by molar-refractivity contribution is 4.97. The number of hydrogen-bond donors (Lipinski definition) is 1. The van der Waals surface area contributed by atoms with Crippen LogP contribution in [0.25, 0.3) is 0 Å². The molecule has 0 radical (unpaired) electrons. The van der Waals surface area contributed by atoms with E-state index in [1.807, 2.05) is 0 Å². The molecule has 2 aliphatic rings. The van der Waals surface area contributed by atoms with Gasteiger partial charge < -0.3 is 15.1 Å². The maximum Gasteiger partial charge on any atom is 0.0330 e. The summed E-state index contributed by atoms with van der Waals surface area (Å²) >= 11 is 0. The molecule has 20 heavy (non-hydrogen) atoms. The normalized spacial score (nSPS) is 23.9. The third-order valence-corrected chi connectivity index (χ3v) is 5.58. The molecule has 0 unspecified atom stereocenters. The number of rotatable bonds is 7. The van der Waals surface area contributed by atoms with E-state index in [1.165, 1.54) is 70.9 Å². The van der Waals surface area contributed by atoms with E-state index < -0.39 is 0 Å².